The van der Waals surface area contributed by atoms with E-state index in [2.05, 4.69) is 50.5 Å². The normalized spacial score (nSPS) is 14.2. The molecule has 0 aromatic heterocycles. The number of hydrogen-bond acceptors (Lipinski definition) is 6. The van der Waals surface area contributed by atoms with Crippen LogP contribution in [-0.4, -0.2) is 39.6 Å². The molecule has 3 aromatic carbocycles. The summed E-state index contributed by atoms with van der Waals surface area (Å²) in [6.45, 7) is -0.223. The average Bonchev–Trinajstić information content (AvgIpc) is 3.12. The highest BCUT2D eigenvalue weighted by Crippen LogP contribution is 2.35. The molecule has 3 amide bonds. The first-order valence-electron chi connectivity index (χ1n) is 10.9. The van der Waals surface area contributed by atoms with Crippen LogP contribution in [0.1, 0.15) is 21.5 Å². The van der Waals surface area contributed by atoms with E-state index in [1.54, 1.807) is 30.3 Å². The third-order valence-corrected chi connectivity index (χ3v) is 7.72. The molecule has 0 aliphatic carbocycles. The van der Waals surface area contributed by atoms with Crippen molar-refractivity contribution in [1.82, 2.24) is 4.90 Å². The van der Waals surface area contributed by atoms with Crippen LogP contribution in [0.3, 0.4) is 0 Å². The number of carboxylic acid groups (broad SMARTS) is 1. The predicted molar refractivity (Wildman–Crippen MR) is 157 cm³/mol. The lowest BCUT2D eigenvalue weighted by Gasteiger charge is -2.13. The molecule has 2 N–H and O–H groups in total. The summed E-state index contributed by atoms with van der Waals surface area (Å²) in [4.78, 5) is 49.6. The van der Waals surface area contributed by atoms with Crippen LogP contribution in [0.15, 0.2) is 65.6 Å². The molecule has 1 aliphatic heterocycles. The maximum atomic E-state index is 13.0. The van der Waals surface area contributed by atoms with Crippen molar-refractivity contribution >= 4 is 91.7 Å². The van der Waals surface area contributed by atoms with Crippen molar-refractivity contribution in [1.29, 1.82) is 0 Å². The first-order valence-corrected chi connectivity index (χ1v) is 13.8. The molecular formula is C26H17FI2N2O6S. The minimum absolute atomic E-state index is 0.184. The van der Waals surface area contributed by atoms with Crippen molar-refractivity contribution in [2.24, 2.45) is 0 Å². The fourth-order valence-electron chi connectivity index (χ4n) is 3.36. The second kappa shape index (κ2) is 12.3. The van der Waals surface area contributed by atoms with Crippen LogP contribution in [0, 0.1) is 13.0 Å². The van der Waals surface area contributed by atoms with Crippen LogP contribution < -0.4 is 10.1 Å². The number of halogens is 3. The molecular weight excluding hydrogens is 741 g/mol. The molecule has 0 atom stereocenters. The smallest absolute Gasteiger partial charge is 0.335 e. The number of ether oxygens (including phenoxy) is 1. The highest BCUT2D eigenvalue weighted by atomic mass is 127. The van der Waals surface area contributed by atoms with Crippen LogP contribution in [0.2, 0.25) is 0 Å². The van der Waals surface area contributed by atoms with E-state index >= 15 is 0 Å². The third-order valence-electron chi connectivity index (χ3n) is 5.21. The first-order chi connectivity index (χ1) is 18.1. The molecule has 1 aliphatic rings. The molecule has 12 heteroatoms. The van der Waals surface area contributed by atoms with E-state index in [0.717, 1.165) is 29.4 Å². The average molecular weight is 758 g/mol. The number of carbonyl (C=O) groups is 4. The molecule has 4 rings (SSSR count). The number of carbonyl (C=O) groups excluding carboxylic acids is 3. The lowest BCUT2D eigenvalue weighted by atomic mass is 10.1. The number of nitrogens with one attached hydrogen (secondary N) is 1. The van der Waals surface area contributed by atoms with Gasteiger partial charge in [-0.2, -0.15) is 0 Å². The summed E-state index contributed by atoms with van der Waals surface area (Å²) in [6.07, 6.45) is 1.58. The molecule has 0 unspecified atom stereocenters. The summed E-state index contributed by atoms with van der Waals surface area (Å²) in [5.74, 6) is -1.97. The van der Waals surface area contributed by atoms with Crippen LogP contribution in [0.25, 0.3) is 6.08 Å². The van der Waals surface area contributed by atoms with E-state index in [9.17, 15) is 23.6 Å². The van der Waals surface area contributed by atoms with Gasteiger partial charge in [0.25, 0.3) is 11.1 Å². The maximum Gasteiger partial charge on any atom is 0.335 e. The van der Waals surface area contributed by atoms with Crippen molar-refractivity contribution < 1.29 is 33.4 Å². The largest absolute Gasteiger partial charge is 0.487 e. The molecule has 0 radical (unpaired) electrons. The Kier molecular flexibility index (Phi) is 9.04. The van der Waals surface area contributed by atoms with Gasteiger partial charge in [-0.05, 0) is 123 Å². The molecule has 8 nitrogen and oxygen atoms in total. The van der Waals surface area contributed by atoms with E-state index in [-0.39, 0.29) is 17.1 Å². The number of aromatic carboxylic acids is 1. The third kappa shape index (κ3) is 6.91. The minimum Gasteiger partial charge on any atom is -0.487 e. The topological polar surface area (TPSA) is 113 Å². The number of imide groups is 1. The first kappa shape index (κ1) is 28.0. The molecule has 1 saturated heterocycles. The van der Waals surface area contributed by atoms with Gasteiger partial charge in [-0.3, -0.25) is 19.3 Å². The lowest BCUT2D eigenvalue weighted by Crippen LogP contribution is -2.36. The Hall–Kier alpha value is -2.98. The van der Waals surface area contributed by atoms with Gasteiger partial charge in [0.15, 0.2) is 0 Å². The zero-order valence-corrected chi connectivity index (χ0v) is 24.4. The summed E-state index contributed by atoms with van der Waals surface area (Å²) >= 11 is 4.97. The van der Waals surface area contributed by atoms with E-state index in [4.69, 9.17) is 9.84 Å². The number of anilines is 1. The second-order valence-corrected chi connectivity index (χ2v) is 11.2. The van der Waals surface area contributed by atoms with E-state index in [1.807, 2.05) is 0 Å². The Morgan fingerprint density at radius 1 is 1.03 bits per heavy atom. The summed E-state index contributed by atoms with van der Waals surface area (Å²) in [6, 6.07) is 15.2. The molecule has 1 fully saturated rings. The molecule has 0 saturated carbocycles. The van der Waals surface area contributed by atoms with Crippen LogP contribution in [0.5, 0.6) is 5.75 Å². The van der Waals surface area contributed by atoms with Crippen molar-refractivity contribution in [3.05, 3.63) is 95.2 Å². The van der Waals surface area contributed by atoms with Gasteiger partial charge in [0.1, 0.15) is 24.7 Å². The SMILES string of the molecule is O=C(CN1C(=O)S/C(=C\c2cc(I)c(OCc3ccc(C(=O)O)cc3)c(I)c2)C1=O)Nc1ccc(F)cc1. The van der Waals surface area contributed by atoms with E-state index in [1.165, 1.54) is 36.4 Å². The molecule has 194 valence electrons. The van der Waals surface area contributed by atoms with Crippen molar-refractivity contribution in [3.8, 4) is 5.75 Å². The molecule has 0 spiro atoms. The fraction of sp³-hybridized carbons (Fsp3) is 0.0769. The number of rotatable bonds is 8. The predicted octanol–water partition coefficient (Wildman–Crippen LogP) is 5.99. The monoisotopic (exact) mass is 758 g/mol. The number of nitrogens with zero attached hydrogens (tertiary/aromatic N) is 1. The van der Waals surface area contributed by atoms with Gasteiger partial charge in [-0.1, -0.05) is 12.1 Å². The minimum atomic E-state index is -0.997. The zero-order chi connectivity index (χ0) is 27.4. The fourth-order valence-corrected chi connectivity index (χ4v) is 6.33. The summed E-state index contributed by atoms with van der Waals surface area (Å²) in [5, 5.41) is 11.0. The summed E-state index contributed by atoms with van der Waals surface area (Å²) < 4.78 is 20.6. The van der Waals surface area contributed by atoms with Gasteiger partial charge in [-0.25, -0.2) is 9.18 Å². The zero-order valence-electron chi connectivity index (χ0n) is 19.2. The standard InChI is InChI=1S/C26H17FI2N2O6S/c27-17-5-7-18(8-6-17)30-22(32)12-31-24(33)21(38-26(31)36)11-15-9-19(28)23(20(29)10-15)37-13-14-1-3-16(4-2-14)25(34)35/h1-11H,12-13H2,(H,30,32)(H,34,35)/b21-11-. The van der Waals surface area contributed by atoms with Crippen molar-refractivity contribution in [3.63, 3.8) is 0 Å². The Balaban J connectivity index is 1.42. The number of benzene rings is 3. The summed E-state index contributed by atoms with van der Waals surface area (Å²) in [7, 11) is 0. The van der Waals surface area contributed by atoms with Crippen LogP contribution >= 0.6 is 56.9 Å². The molecule has 38 heavy (non-hydrogen) atoms. The number of carboxylic acids is 1. The van der Waals surface area contributed by atoms with E-state index in [0.29, 0.717) is 17.0 Å². The van der Waals surface area contributed by atoms with E-state index < -0.39 is 35.4 Å². The molecule has 0 bridgehead atoms. The Morgan fingerprint density at radius 2 is 1.66 bits per heavy atom. The van der Waals surface area contributed by atoms with Crippen LogP contribution in [-0.2, 0) is 16.2 Å². The van der Waals surface area contributed by atoms with Crippen LogP contribution in [0.4, 0.5) is 14.9 Å². The second-order valence-electron chi connectivity index (χ2n) is 7.93. The van der Waals surface area contributed by atoms with Gasteiger partial charge >= 0.3 is 5.97 Å². The Bertz CT molecular complexity index is 1440. The highest BCUT2D eigenvalue weighted by Gasteiger charge is 2.36. The highest BCUT2D eigenvalue weighted by molar-refractivity contribution is 14.1. The maximum absolute atomic E-state index is 13.0. The molecule has 3 aromatic rings. The lowest BCUT2D eigenvalue weighted by molar-refractivity contribution is -0.127. The summed E-state index contributed by atoms with van der Waals surface area (Å²) in [5.41, 5.74) is 2.03. The van der Waals surface area contributed by atoms with Gasteiger partial charge in [0, 0.05) is 5.69 Å². The van der Waals surface area contributed by atoms with Gasteiger partial charge in [0.2, 0.25) is 5.91 Å². The van der Waals surface area contributed by atoms with Crippen molar-refractivity contribution in [2.45, 2.75) is 6.61 Å². The Morgan fingerprint density at radius 3 is 2.26 bits per heavy atom. The van der Waals surface area contributed by atoms with Crippen molar-refractivity contribution in [2.75, 3.05) is 11.9 Å². The van der Waals surface area contributed by atoms with Gasteiger partial charge in [0.05, 0.1) is 17.6 Å². The quantitative estimate of drug-likeness (QED) is 0.215. The Labute approximate surface area is 247 Å². The number of hydrogen-bond donors (Lipinski definition) is 2. The van der Waals surface area contributed by atoms with Gasteiger partial charge < -0.3 is 15.2 Å². The number of amides is 3. The molecule has 1 heterocycles. The van der Waals surface area contributed by atoms with Gasteiger partial charge in [-0.15, -0.1) is 0 Å². The number of thioether (sulfide) groups is 1.